The molecule has 0 saturated carbocycles. The van der Waals surface area contributed by atoms with Crippen LogP contribution in [0, 0.1) is 0 Å². The maximum Gasteiger partial charge on any atom is 0.252 e. The highest BCUT2D eigenvalue weighted by atomic mass is 79.9. The minimum atomic E-state index is -0.249. The fourth-order valence-corrected chi connectivity index (χ4v) is 1.75. The molecule has 0 aliphatic rings. The molecule has 1 aromatic rings. The zero-order valence-corrected chi connectivity index (χ0v) is 12.0. The molecule has 0 fully saturated rings. The summed E-state index contributed by atoms with van der Waals surface area (Å²) in [5, 5.41) is 2.68. The maximum absolute atomic E-state index is 11.8. The molecule has 0 bridgehead atoms. The van der Waals surface area contributed by atoms with E-state index in [0.717, 1.165) is 0 Å². The Morgan fingerprint density at radius 2 is 2.06 bits per heavy atom. The summed E-state index contributed by atoms with van der Waals surface area (Å²) in [5.41, 5.74) is 6.61. The maximum atomic E-state index is 11.8. The van der Waals surface area contributed by atoms with E-state index in [9.17, 15) is 9.59 Å². The molecule has 0 aliphatic carbocycles. The minimum Gasteiger partial charge on any atom is -0.399 e. The van der Waals surface area contributed by atoms with Crippen LogP contribution in [0.5, 0.6) is 0 Å². The lowest BCUT2D eigenvalue weighted by Crippen LogP contribution is -2.30. The summed E-state index contributed by atoms with van der Waals surface area (Å²) >= 11 is 3.28. The van der Waals surface area contributed by atoms with Crippen LogP contribution in [0.2, 0.25) is 0 Å². The van der Waals surface area contributed by atoms with Crippen molar-refractivity contribution in [2.75, 3.05) is 26.4 Å². The van der Waals surface area contributed by atoms with Gasteiger partial charge in [0.15, 0.2) is 0 Å². The van der Waals surface area contributed by atoms with Crippen LogP contribution in [0.4, 0.5) is 5.69 Å². The minimum absolute atomic E-state index is 0.0260. The number of halogens is 1. The SMILES string of the molecule is CN(C)C(=O)CCNC(=O)c1cc(N)ccc1Br. The Morgan fingerprint density at radius 1 is 1.39 bits per heavy atom. The van der Waals surface area contributed by atoms with E-state index in [2.05, 4.69) is 21.2 Å². The number of nitrogens with zero attached hydrogens (tertiary/aromatic N) is 1. The summed E-state index contributed by atoms with van der Waals surface area (Å²) in [7, 11) is 3.36. The standard InChI is InChI=1S/C12H16BrN3O2/c1-16(2)11(17)5-6-15-12(18)9-7-8(14)3-4-10(9)13/h3-4,7H,5-6,14H2,1-2H3,(H,15,18). The molecule has 0 aromatic heterocycles. The second-order valence-electron chi connectivity index (χ2n) is 4.03. The molecule has 1 rings (SSSR count). The molecule has 0 atom stereocenters. The van der Waals surface area contributed by atoms with E-state index in [1.54, 1.807) is 32.3 Å². The van der Waals surface area contributed by atoms with E-state index in [-0.39, 0.29) is 18.2 Å². The predicted molar refractivity (Wildman–Crippen MR) is 74.2 cm³/mol. The molecule has 0 spiro atoms. The molecule has 0 unspecified atom stereocenters. The van der Waals surface area contributed by atoms with Gasteiger partial charge in [0.25, 0.3) is 5.91 Å². The quantitative estimate of drug-likeness (QED) is 0.821. The zero-order valence-electron chi connectivity index (χ0n) is 10.4. The van der Waals surface area contributed by atoms with Crippen LogP contribution in [0.25, 0.3) is 0 Å². The van der Waals surface area contributed by atoms with Gasteiger partial charge in [0, 0.05) is 37.2 Å². The van der Waals surface area contributed by atoms with E-state index in [1.165, 1.54) is 4.90 Å². The van der Waals surface area contributed by atoms with Gasteiger partial charge in [0.05, 0.1) is 5.56 Å². The second-order valence-corrected chi connectivity index (χ2v) is 4.89. The van der Waals surface area contributed by atoms with Crippen molar-refractivity contribution in [3.8, 4) is 0 Å². The molecule has 0 aliphatic heterocycles. The number of nitrogens with two attached hydrogens (primary N) is 1. The van der Waals surface area contributed by atoms with Crippen LogP contribution in [-0.4, -0.2) is 37.4 Å². The van der Waals surface area contributed by atoms with Crippen molar-refractivity contribution in [2.24, 2.45) is 0 Å². The van der Waals surface area contributed by atoms with Crippen molar-refractivity contribution < 1.29 is 9.59 Å². The smallest absolute Gasteiger partial charge is 0.252 e. The number of benzene rings is 1. The predicted octanol–water partition coefficient (Wildman–Crippen LogP) is 1.24. The van der Waals surface area contributed by atoms with Gasteiger partial charge in [-0.05, 0) is 34.1 Å². The van der Waals surface area contributed by atoms with Crippen LogP contribution >= 0.6 is 15.9 Å². The Hall–Kier alpha value is -1.56. The Balaban J connectivity index is 2.56. The number of nitrogen functional groups attached to an aromatic ring is 1. The van der Waals surface area contributed by atoms with Crippen molar-refractivity contribution in [1.82, 2.24) is 10.2 Å². The van der Waals surface area contributed by atoms with Gasteiger partial charge in [0.1, 0.15) is 0 Å². The number of carbonyl (C=O) groups excluding carboxylic acids is 2. The molecular formula is C12H16BrN3O2. The molecule has 98 valence electrons. The Kier molecular flexibility index (Phi) is 5.15. The van der Waals surface area contributed by atoms with E-state index in [1.807, 2.05) is 0 Å². The lowest BCUT2D eigenvalue weighted by Gasteiger charge is -2.11. The largest absolute Gasteiger partial charge is 0.399 e. The number of carbonyl (C=O) groups is 2. The molecule has 0 saturated heterocycles. The summed E-state index contributed by atoms with van der Waals surface area (Å²) in [5.74, 6) is -0.275. The van der Waals surface area contributed by atoms with E-state index >= 15 is 0 Å². The van der Waals surface area contributed by atoms with Gasteiger partial charge in [-0.15, -0.1) is 0 Å². The second kappa shape index (κ2) is 6.39. The molecule has 2 amide bonds. The normalized spacial score (nSPS) is 9.94. The molecular weight excluding hydrogens is 298 g/mol. The summed E-state index contributed by atoms with van der Waals surface area (Å²) < 4.78 is 0.674. The van der Waals surface area contributed by atoms with Gasteiger partial charge >= 0.3 is 0 Å². The molecule has 18 heavy (non-hydrogen) atoms. The Morgan fingerprint density at radius 3 is 2.67 bits per heavy atom. The Bertz CT molecular complexity index is 461. The number of nitrogens with one attached hydrogen (secondary N) is 1. The van der Waals surface area contributed by atoms with E-state index in [4.69, 9.17) is 5.73 Å². The van der Waals surface area contributed by atoms with E-state index in [0.29, 0.717) is 22.3 Å². The van der Waals surface area contributed by atoms with Crippen LogP contribution in [0.1, 0.15) is 16.8 Å². The number of hydrogen-bond donors (Lipinski definition) is 2. The topological polar surface area (TPSA) is 75.4 Å². The van der Waals surface area contributed by atoms with Crippen molar-refractivity contribution >= 4 is 33.4 Å². The Labute approximate surface area is 114 Å². The third-order valence-corrected chi connectivity index (χ3v) is 3.05. The number of anilines is 1. The lowest BCUT2D eigenvalue weighted by atomic mass is 10.2. The van der Waals surface area contributed by atoms with Gasteiger partial charge in [-0.3, -0.25) is 9.59 Å². The fraction of sp³-hybridized carbons (Fsp3) is 0.333. The van der Waals surface area contributed by atoms with E-state index < -0.39 is 0 Å². The highest BCUT2D eigenvalue weighted by Gasteiger charge is 2.11. The third-order valence-electron chi connectivity index (χ3n) is 2.36. The summed E-state index contributed by atoms with van der Waals surface area (Å²) in [6, 6.07) is 5.01. The monoisotopic (exact) mass is 313 g/mol. The third kappa shape index (κ3) is 4.03. The van der Waals surface area contributed by atoms with Crippen molar-refractivity contribution in [2.45, 2.75) is 6.42 Å². The number of hydrogen-bond acceptors (Lipinski definition) is 3. The molecule has 0 radical (unpaired) electrons. The first kappa shape index (κ1) is 14.5. The average Bonchev–Trinajstić information content (AvgIpc) is 2.31. The van der Waals surface area contributed by atoms with Crippen LogP contribution in [-0.2, 0) is 4.79 Å². The first-order chi connectivity index (χ1) is 8.41. The van der Waals surface area contributed by atoms with Gasteiger partial charge in [-0.2, -0.15) is 0 Å². The molecule has 6 heteroatoms. The molecule has 5 nitrogen and oxygen atoms in total. The van der Waals surface area contributed by atoms with Crippen LogP contribution in [0.3, 0.4) is 0 Å². The van der Waals surface area contributed by atoms with Gasteiger partial charge in [0.2, 0.25) is 5.91 Å². The summed E-state index contributed by atoms with van der Waals surface area (Å²) in [6.45, 7) is 0.303. The molecule has 3 N–H and O–H groups in total. The first-order valence-corrected chi connectivity index (χ1v) is 6.24. The fourth-order valence-electron chi connectivity index (χ4n) is 1.32. The number of amides is 2. The van der Waals surface area contributed by atoms with Crippen LogP contribution < -0.4 is 11.1 Å². The van der Waals surface area contributed by atoms with Gasteiger partial charge < -0.3 is 16.0 Å². The van der Waals surface area contributed by atoms with Crippen molar-refractivity contribution in [1.29, 1.82) is 0 Å². The lowest BCUT2D eigenvalue weighted by molar-refractivity contribution is -0.128. The zero-order chi connectivity index (χ0) is 13.7. The van der Waals surface area contributed by atoms with Crippen molar-refractivity contribution in [3.63, 3.8) is 0 Å². The molecule has 1 aromatic carbocycles. The van der Waals surface area contributed by atoms with Crippen LogP contribution in [0.15, 0.2) is 22.7 Å². The highest BCUT2D eigenvalue weighted by molar-refractivity contribution is 9.10. The van der Waals surface area contributed by atoms with Gasteiger partial charge in [-0.1, -0.05) is 0 Å². The summed E-state index contributed by atoms with van der Waals surface area (Å²) in [4.78, 5) is 24.7. The van der Waals surface area contributed by atoms with Gasteiger partial charge in [-0.25, -0.2) is 0 Å². The van der Waals surface area contributed by atoms with Crippen molar-refractivity contribution in [3.05, 3.63) is 28.2 Å². The summed E-state index contributed by atoms with van der Waals surface area (Å²) in [6.07, 6.45) is 0.276. The molecule has 0 heterocycles. The highest BCUT2D eigenvalue weighted by Crippen LogP contribution is 2.19. The number of rotatable bonds is 4. The average molecular weight is 314 g/mol. The first-order valence-electron chi connectivity index (χ1n) is 5.45.